The molecule has 2 heterocycles. The Morgan fingerprint density at radius 3 is 2.58 bits per heavy atom. The first-order valence-electron chi connectivity index (χ1n) is 8.04. The summed E-state index contributed by atoms with van der Waals surface area (Å²) >= 11 is 1.10. The molecule has 0 spiro atoms. The Hall–Kier alpha value is -2.93. The van der Waals surface area contributed by atoms with Crippen LogP contribution in [0.15, 0.2) is 42.6 Å². The van der Waals surface area contributed by atoms with Crippen molar-refractivity contribution in [1.82, 2.24) is 10.3 Å². The number of para-hydroxylation sites is 1. The Bertz CT molecular complexity index is 973. The number of benzene rings is 1. The minimum atomic E-state index is -0.824. The van der Waals surface area contributed by atoms with E-state index in [1.54, 1.807) is 12.1 Å². The van der Waals surface area contributed by atoms with Crippen molar-refractivity contribution in [2.45, 2.75) is 19.4 Å². The number of methoxy groups -OCH3 is 1. The zero-order valence-electron chi connectivity index (χ0n) is 14.4. The van der Waals surface area contributed by atoms with Crippen LogP contribution in [-0.2, 0) is 16.0 Å². The van der Waals surface area contributed by atoms with E-state index in [1.165, 1.54) is 14.0 Å². The number of carbonyl (C=O) groups is 3. The number of fused-ring (bicyclic) bond motifs is 1. The van der Waals surface area contributed by atoms with Gasteiger partial charge in [0.1, 0.15) is 6.04 Å². The highest BCUT2D eigenvalue weighted by Crippen LogP contribution is 2.20. The topological polar surface area (TPSA) is 88.3 Å². The van der Waals surface area contributed by atoms with Crippen molar-refractivity contribution in [3.05, 3.63) is 57.9 Å². The van der Waals surface area contributed by atoms with E-state index in [0.717, 1.165) is 27.8 Å². The van der Waals surface area contributed by atoms with Crippen molar-refractivity contribution in [2.24, 2.45) is 0 Å². The molecule has 1 amide bonds. The number of amides is 1. The second-order valence-corrected chi connectivity index (χ2v) is 6.92. The maximum atomic E-state index is 12.5. The lowest BCUT2D eigenvalue weighted by Crippen LogP contribution is -2.42. The van der Waals surface area contributed by atoms with Crippen molar-refractivity contribution < 1.29 is 19.1 Å². The van der Waals surface area contributed by atoms with Gasteiger partial charge in [0.25, 0.3) is 5.91 Å². The van der Waals surface area contributed by atoms with Crippen molar-refractivity contribution in [1.29, 1.82) is 0 Å². The van der Waals surface area contributed by atoms with E-state index in [0.29, 0.717) is 16.2 Å². The first-order chi connectivity index (χ1) is 12.5. The number of thiophene rings is 1. The van der Waals surface area contributed by atoms with Gasteiger partial charge < -0.3 is 15.0 Å². The molecule has 0 radical (unpaired) electrons. The fraction of sp³-hybridized carbons (Fsp3) is 0.211. The molecule has 1 aromatic carbocycles. The summed E-state index contributed by atoms with van der Waals surface area (Å²) in [4.78, 5) is 40.1. The molecule has 0 saturated carbocycles. The predicted octanol–water partition coefficient (Wildman–Crippen LogP) is 2.95. The summed E-state index contributed by atoms with van der Waals surface area (Å²) < 4.78 is 4.84. The molecule has 6 nitrogen and oxygen atoms in total. The van der Waals surface area contributed by atoms with E-state index in [1.807, 2.05) is 30.5 Å². The molecule has 1 atom stereocenters. The number of hydrogen-bond donors (Lipinski definition) is 2. The molecule has 0 aliphatic carbocycles. The molecule has 0 unspecified atom stereocenters. The van der Waals surface area contributed by atoms with Crippen molar-refractivity contribution in [3.63, 3.8) is 0 Å². The largest absolute Gasteiger partial charge is 0.467 e. The molecular formula is C19H18N2O4S. The standard InChI is InChI=1S/C19H18N2O4S/c1-11(22)16-7-8-17(26-16)18(23)21-15(19(24)25-2)9-12-10-20-14-6-4-3-5-13(12)14/h3-8,10,15,20H,9H2,1-2H3,(H,21,23)/t15-/m1/s1. The Kier molecular flexibility index (Phi) is 5.18. The molecule has 0 bridgehead atoms. The van der Waals surface area contributed by atoms with Gasteiger partial charge in [0.15, 0.2) is 5.78 Å². The molecule has 26 heavy (non-hydrogen) atoms. The molecule has 2 N–H and O–H groups in total. The Labute approximate surface area is 154 Å². The number of carbonyl (C=O) groups excluding carboxylic acids is 3. The lowest BCUT2D eigenvalue weighted by molar-refractivity contribution is -0.142. The zero-order valence-corrected chi connectivity index (χ0v) is 15.2. The summed E-state index contributed by atoms with van der Waals surface area (Å²) in [6, 6.07) is 10.1. The SMILES string of the molecule is COC(=O)[C@@H](Cc1c[nH]c2ccccc12)NC(=O)c1ccc(C(C)=O)s1. The van der Waals surface area contributed by atoms with Crippen LogP contribution in [0.1, 0.15) is 31.8 Å². The number of Topliss-reactive ketones (excluding diaryl/α,β-unsaturated/α-hetero) is 1. The zero-order chi connectivity index (χ0) is 18.7. The lowest BCUT2D eigenvalue weighted by atomic mass is 10.0. The van der Waals surface area contributed by atoms with Gasteiger partial charge >= 0.3 is 5.97 Å². The highest BCUT2D eigenvalue weighted by Gasteiger charge is 2.24. The molecular weight excluding hydrogens is 352 g/mol. The summed E-state index contributed by atoms with van der Waals surface area (Å²) in [6.07, 6.45) is 2.12. The van der Waals surface area contributed by atoms with Crippen LogP contribution < -0.4 is 5.32 Å². The van der Waals surface area contributed by atoms with Crippen LogP contribution in [-0.4, -0.2) is 35.8 Å². The molecule has 0 aliphatic heterocycles. The third kappa shape index (κ3) is 3.67. The first kappa shape index (κ1) is 17.9. The average Bonchev–Trinajstić information content (AvgIpc) is 3.28. The number of nitrogens with one attached hydrogen (secondary N) is 2. The smallest absolute Gasteiger partial charge is 0.328 e. The van der Waals surface area contributed by atoms with Crippen LogP contribution in [0.25, 0.3) is 10.9 Å². The molecule has 3 aromatic rings. The summed E-state index contributed by atoms with van der Waals surface area (Å²) in [5, 5.41) is 3.70. The van der Waals surface area contributed by atoms with Crippen LogP contribution in [0.5, 0.6) is 0 Å². The molecule has 2 aromatic heterocycles. The van der Waals surface area contributed by atoms with Crippen molar-refractivity contribution in [2.75, 3.05) is 7.11 Å². The molecule has 3 rings (SSSR count). The second kappa shape index (κ2) is 7.53. The highest BCUT2D eigenvalue weighted by atomic mass is 32.1. The monoisotopic (exact) mass is 370 g/mol. The number of H-pyrrole nitrogens is 1. The van der Waals surface area contributed by atoms with E-state index in [-0.39, 0.29) is 5.78 Å². The van der Waals surface area contributed by atoms with Gasteiger partial charge in [0, 0.05) is 23.5 Å². The van der Waals surface area contributed by atoms with Crippen molar-refractivity contribution >= 4 is 39.9 Å². The van der Waals surface area contributed by atoms with E-state index in [9.17, 15) is 14.4 Å². The van der Waals surface area contributed by atoms with Crippen LogP contribution >= 0.6 is 11.3 Å². The number of aromatic nitrogens is 1. The normalized spacial score (nSPS) is 11.9. The molecule has 0 fully saturated rings. The fourth-order valence-corrected chi connectivity index (χ4v) is 3.54. The van der Waals surface area contributed by atoms with Gasteiger partial charge in [0.05, 0.1) is 16.9 Å². The number of rotatable bonds is 6. The van der Waals surface area contributed by atoms with E-state index >= 15 is 0 Å². The van der Waals surface area contributed by atoms with Crippen LogP contribution in [0.4, 0.5) is 0 Å². The Morgan fingerprint density at radius 2 is 1.88 bits per heavy atom. The van der Waals surface area contributed by atoms with Crippen LogP contribution in [0.2, 0.25) is 0 Å². The summed E-state index contributed by atoms with van der Waals surface area (Å²) in [5.74, 6) is -1.03. The van der Waals surface area contributed by atoms with Gasteiger partial charge in [-0.25, -0.2) is 4.79 Å². The number of aromatic amines is 1. The first-order valence-corrected chi connectivity index (χ1v) is 8.85. The van der Waals surface area contributed by atoms with E-state index in [4.69, 9.17) is 4.74 Å². The van der Waals surface area contributed by atoms with Gasteiger partial charge in [0.2, 0.25) is 0 Å². The lowest BCUT2D eigenvalue weighted by Gasteiger charge is -2.15. The third-order valence-corrected chi connectivity index (χ3v) is 5.25. The third-order valence-electron chi connectivity index (χ3n) is 4.07. The van der Waals surface area contributed by atoms with Gasteiger partial charge in [-0.3, -0.25) is 9.59 Å². The van der Waals surface area contributed by atoms with Gasteiger partial charge in [-0.2, -0.15) is 0 Å². The number of ketones is 1. The minimum absolute atomic E-state index is 0.0997. The average molecular weight is 370 g/mol. The maximum absolute atomic E-state index is 12.5. The van der Waals surface area contributed by atoms with Crippen molar-refractivity contribution in [3.8, 4) is 0 Å². The highest BCUT2D eigenvalue weighted by molar-refractivity contribution is 7.15. The van der Waals surface area contributed by atoms with Crippen LogP contribution in [0, 0.1) is 0 Å². The van der Waals surface area contributed by atoms with Crippen LogP contribution in [0.3, 0.4) is 0 Å². The molecule has 7 heteroatoms. The van der Waals surface area contributed by atoms with Gasteiger partial charge in [-0.05, 0) is 30.7 Å². The fourth-order valence-electron chi connectivity index (χ4n) is 2.73. The predicted molar refractivity (Wildman–Crippen MR) is 99.6 cm³/mol. The number of ether oxygens (including phenoxy) is 1. The second-order valence-electron chi connectivity index (χ2n) is 5.83. The molecule has 0 saturated heterocycles. The number of esters is 1. The van der Waals surface area contributed by atoms with E-state index < -0.39 is 17.9 Å². The summed E-state index contributed by atoms with van der Waals surface area (Å²) in [5.41, 5.74) is 1.87. The maximum Gasteiger partial charge on any atom is 0.328 e. The number of hydrogen-bond acceptors (Lipinski definition) is 5. The molecule has 134 valence electrons. The van der Waals surface area contributed by atoms with Gasteiger partial charge in [-0.1, -0.05) is 18.2 Å². The minimum Gasteiger partial charge on any atom is -0.467 e. The van der Waals surface area contributed by atoms with Gasteiger partial charge in [-0.15, -0.1) is 11.3 Å². The Balaban J connectivity index is 1.80. The molecule has 0 aliphatic rings. The quantitative estimate of drug-likeness (QED) is 0.516. The van der Waals surface area contributed by atoms with E-state index in [2.05, 4.69) is 10.3 Å². The summed E-state index contributed by atoms with van der Waals surface area (Å²) in [7, 11) is 1.29. The Morgan fingerprint density at radius 1 is 1.15 bits per heavy atom. The summed E-state index contributed by atoms with van der Waals surface area (Å²) in [6.45, 7) is 1.45.